The summed E-state index contributed by atoms with van der Waals surface area (Å²) in [5.74, 6) is 0.0203. The van der Waals surface area contributed by atoms with Crippen molar-refractivity contribution in [3.8, 4) is 0 Å². The molecule has 4 nitrogen and oxygen atoms in total. The van der Waals surface area contributed by atoms with E-state index in [4.69, 9.17) is 0 Å². The number of nitrogens with one attached hydrogen (secondary N) is 1. The number of amides is 1. The zero-order valence-corrected chi connectivity index (χ0v) is 13.7. The minimum Gasteiger partial charge on any atom is -0.353 e. The number of hydrogen-bond acceptors (Lipinski definition) is 3. The Hall–Kier alpha value is -1.68. The molecule has 0 bridgehead atoms. The second-order valence-electron chi connectivity index (χ2n) is 5.77. The summed E-state index contributed by atoms with van der Waals surface area (Å²) in [7, 11) is 0. The number of benzene rings is 1. The third kappa shape index (κ3) is 5.68. The van der Waals surface area contributed by atoms with Crippen LogP contribution in [0.3, 0.4) is 0 Å². The van der Waals surface area contributed by atoms with Crippen LogP contribution in [0.2, 0.25) is 0 Å². The number of ketones is 1. The first-order valence-electron chi connectivity index (χ1n) is 7.45. The molecule has 0 atom stereocenters. The van der Waals surface area contributed by atoms with E-state index >= 15 is 0 Å². The van der Waals surface area contributed by atoms with E-state index in [1.807, 2.05) is 57.7 Å². The highest BCUT2D eigenvalue weighted by Crippen LogP contribution is 2.12. The smallest absolute Gasteiger partial charge is 0.234 e. The van der Waals surface area contributed by atoms with Gasteiger partial charge in [-0.3, -0.25) is 14.5 Å². The Morgan fingerprint density at radius 1 is 1.19 bits per heavy atom. The number of carbonyl (C=O) groups is 2. The average Bonchev–Trinajstić information content (AvgIpc) is 2.36. The fraction of sp³-hybridized carbons (Fsp3) is 0.529. The molecule has 0 fully saturated rings. The highest BCUT2D eigenvalue weighted by atomic mass is 16.2. The summed E-state index contributed by atoms with van der Waals surface area (Å²) >= 11 is 0. The molecule has 0 aliphatic rings. The Morgan fingerprint density at radius 2 is 1.86 bits per heavy atom. The minimum absolute atomic E-state index is 0.0414. The molecule has 4 heteroatoms. The minimum atomic E-state index is -0.0414. The van der Waals surface area contributed by atoms with E-state index in [0.29, 0.717) is 6.54 Å². The topological polar surface area (TPSA) is 49.4 Å². The third-order valence-electron chi connectivity index (χ3n) is 3.31. The van der Waals surface area contributed by atoms with Crippen molar-refractivity contribution in [3.05, 3.63) is 34.9 Å². The number of hydrogen-bond donors (Lipinski definition) is 1. The summed E-state index contributed by atoms with van der Waals surface area (Å²) in [6.07, 6.45) is 0. The van der Waals surface area contributed by atoms with Crippen molar-refractivity contribution in [2.45, 2.75) is 40.7 Å². The number of aryl methyl sites for hydroxylation is 2. The van der Waals surface area contributed by atoms with E-state index in [1.54, 1.807) is 0 Å². The molecule has 0 radical (unpaired) electrons. The molecular formula is C17H26N2O2. The standard InChI is InChI=1S/C17H26N2O2/c1-6-19(11-17(21)18-12(2)3)10-16(20)15-8-7-13(4)9-14(15)5/h7-9,12H,6,10-11H2,1-5H3,(H,18,21). The molecular weight excluding hydrogens is 264 g/mol. The first kappa shape index (κ1) is 17.4. The van der Waals surface area contributed by atoms with Crippen molar-refractivity contribution in [2.24, 2.45) is 0 Å². The van der Waals surface area contributed by atoms with Gasteiger partial charge in [-0.2, -0.15) is 0 Å². The first-order chi connectivity index (χ1) is 9.83. The van der Waals surface area contributed by atoms with Gasteiger partial charge in [0, 0.05) is 11.6 Å². The largest absolute Gasteiger partial charge is 0.353 e. The lowest BCUT2D eigenvalue weighted by Gasteiger charge is -2.20. The quantitative estimate of drug-likeness (QED) is 0.784. The maximum absolute atomic E-state index is 12.4. The number of nitrogens with zero attached hydrogens (tertiary/aromatic N) is 1. The van der Waals surface area contributed by atoms with Gasteiger partial charge >= 0.3 is 0 Å². The van der Waals surface area contributed by atoms with Crippen LogP contribution in [0.5, 0.6) is 0 Å². The summed E-state index contributed by atoms with van der Waals surface area (Å²) in [6.45, 7) is 11.0. The number of Topliss-reactive ketones (excluding diaryl/α,β-unsaturated/α-hetero) is 1. The molecule has 1 amide bonds. The van der Waals surface area contributed by atoms with Gasteiger partial charge in [-0.25, -0.2) is 0 Å². The van der Waals surface area contributed by atoms with Gasteiger partial charge in [0.25, 0.3) is 0 Å². The zero-order chi connectivity index (χ0) is 16.0. The van der Waals surface area contributed by atoms with E-state index in [0.717, 1.165) is 16.7 Å². The number of carbonyl (C=O) groups excluding carboxylic acids is 2. The van der Waals surface area contributed by atoms with Gasteiger partial charge < -0.3 is 5.32 Å². The van der Waals surface area contributed by atoms with E-state index in [9.17, 15) is 9.59 Å². The Kier molecular flexibility index (Phi) is 6.56. The molecule has 1 N–H and O–H groups in total. The molecule has 0 saturated heterocycles. The Bertz CT molecular complexity index is 510. The second kappa shape index (κ2) is 7.93. The molecule has 0 aromatic heterocycles. The predicted molar refractivity (Wildman–Crippen MR) is 85.6 cm³/mol. The van der Waals surface area contributed by atoms with Crippen molar-refractivity contribution >= 4 is 11.7 Å². The summed E-state index contributed by atoms with van der Waals surface area (Å²) < 4.78 is 0. The van der Waals surface area contributed by atoms with Gasteiger partial charge in [0.1, 0.15) is 0 Å². The van der Waals surface area contributed by atoms with Crippen LogP contribution in [0.4, 0.5) is 0 Å². The first-order valence-corrected chi connectivity index (χ1v) is 7.45. The normalized spacial score (nSPS) is 11.0. The van der Waals surface area contributed by atoms with Crippen LogP contribution < -0.4 is 5.32 Å². The van der Waals surface area contributed by atoms with Gasteiger partial charge in [-0.15, -0.1) is 0 Å². The Balaban J connectivity index is 2.68. The lowest BCUT2D eigenvalue weighted by Crippen LogP contribution is -2.42. The van der Waals surface area contributed by atoms with E-state index < -0.39 is 0 Å². The van der Waals surface area contributed by atoms with Crippen molar-refractivity contribution in [1.82, 2.24) is 10.2 Å². The van der Waals surface area contributed by atoms with Crippen LogP contribution in [0.15, 0.2) is 18.2 Å². The predicted octanol–water partition coefficient (Wildman–Crippen LogP) is 2.33. The summed E-state index contributed by atoms with van der Waals surface area (Å²) in [5.41, 5.74) is 2.87. The molecule has 0 unspecified atom stereocenters. The van der Waals surface area contributed by atoms with Crippen LogP contribution in [0.25, 0.3) is 0 Å². The van der Waals surface area contributed by atoms with Crippen LogP contribution in [0.1, 0.15) is 42.3 Å². The van der Waals surface area contributed by atoms with Crippen molar-refractivity contribution in [1.29, 1.82) is 0 Å². The monoisotopic (exact) mass is 290 g/mol. The molecule has 21 heavy (non-hydrogen) atoms. The summed E-state index contributed by atoms with van der Waals surface area (Å²) in [6, 6.07) is 5.94. The maximum atomic E-state index is 12.4. The van der Waals surface area contributed by atoms with Crippen LogP contribution in [-0.2, 0) is 4.79 Å². The zero-order valence-electron chi connectivity index (χ0n) is 13.7. The molecule has 1 aromatic carbocycles. The number of likely N-dealkylation sites (N-methyl/N-ethyl adjacent to an activating group) is 1. The Labute approximate surface area is 127 Å². The van der Waals surface area contributed by atoms with Gasteiger partial charge in [0.15, 0.2) is 5.78 Å². The molecule has 0 aliphatic carbocycles. The highest BCUT2D eigenvalue weighted by molar-refractivity contribution is 5.99. The lowest BCUT2D eigenvalue weighted by molar-refractivity contribution is -0.122. The van der Waals surface area contributed by atoms with Gasteiger partial charge in [0.05, 0.1) is 13.1 Å². The van der Waals surface area contributed by atoms with Gasteiger partial charge in [-0.05, 0) is 39.8 Å². The van der Waals surface area contributed by atoms with Crippen LogP contribution in [-0.4, -0.2) is 42.3 Å². The van der Waals surface area contributed by atoms with Crippen molar-refractivity contribution < 1.29 is 9.59 Å². The number of rotatable bonds is 7. The maximum Gasteiger partial charge on any atom is 0.234 e. The van der Waals surface area contributed by atoms with E-state index in [2.05, 4.69) is 5.32 Å². The highest BCUT2D eigenvalue weighted by Gasteiger charge is 2.16. The van der Waals surface area contributed by atoms with Gasteiger partial charge in [-0.1, -0.05) is 30.7 Å². The third-order valence-corrected chi connectivity index (χ3v) is 3.31. The van der Waals surface area contributed by atoms with Crippen molar-refractivity contribution in [3.63, 3.8) is 0 Å². The molecule has 1 aromatic rings. The molecule has 0 aliphatic heterocycles. The van der Waals surface area contributed by atoms with E-state index in [-0.39, 0.29) is 30.8 Å². The second-order valence-corrected chi connectivity index (χ2v) is 5.77. The lowest BCUT2D eigenvalue weighted by atomic mass is 10.0. The molecule has 0 saturated carbocycles. The fourth-order valence-corrected chi connectivity index (χ4v) is 2.26. The fourth-order valence-electron chi connectivity index (χ4n) is 2.26. The average molecular weight is 290 g/mol. The molecule has 116 valence electrons. The molecule has 1 rings (SSSR count). The molecule has 0 spiro atoms. The van der Waals surface area contributed by atoms with Crippen LogP contribution >= 0.6 is 0 Å². The van der Waals surface area contributed by atoms with E-state index in [1.165, 1.54) is 0 Å². The summed E-state index contributed by atoms with van der Waals surface area (Å²) in [5, 5.41) is 2.85. The van der Waals surface area contributed by atoms with Crippen molar-refractivity contribution in [2.75, 3.05) is 19.6 Å². The van der Waals surface area contributed by atoms with Crippen LogP contribution in [0, 0.1) is 13.8 Å². The SMILES string of the molecule is CCN(CC(=O)NC(C)C)CC(=O)c1ccc(C)cc1C. The summed E-state index contributed by atoms with van der Waals surface area (Å²) in [4.78, 5) is 26.0. The molecule has 0 heterocycles. The van der Waals surface area contributed by atoms with Gasteiger partial charge in [0.2, 0.25) is 5.91 Å². The Morgan fingerprint density at radius 3 is 2.38 bits per heavy atom.